The third kappa shape index (κ3) is 3.95. The molecule has 0 spiro atoms. The Bertz CT molecular complexity index is 1490. The zero-order valence-corrected chi connectivity index (χ0v) is 17.7. The molecule has 5 aromatic rings. The summed E-state index contributed by atoms with van der Waals surface area (Å²) >= 11 is 0. The van der Waals surface area contributed by atoms with Crippen molar-refractivity contribution in [2.75, 3.05) is 12.4 Å². The summed E-state index contributed by atoms with van der Waals surface area (Å²) < 4.78 is 16.6. The Morgan fingerprint density at radius 3 is 2.62 bits per heavy atom. The number of pyridine rings is 1. The van der Waals surface area contributed by atoms with Crippen LogP contribution in [0.4, 0.5) is 11.4 Å². The predicted octanol–water partition coefficient (Wildman–Crippen LogP) is 5.32. The van der Waals surface area contributed by atoms with Gasteiger partial charge in [-0.15, -0.1) is 0 Å². The molecule has 0 aliphatic rings. The second kappa shape index (κ2) is 8.51. The number of rotatable bonds is 6. The summed E-state index contributed by atoms with van der Waals surface area (Å²) in [6, 6.07) is 17.8. The molecule has 168 valence electrons. The number of nitro benzene ring substituents is 1. The number of aromatic nitrogens is 2. The lowest BCUT2D eigenvalue weighted by molar-refractivity contribution is -0.384. The summed E-state index contributed by atoms with van der Waals surface area (Å²) in [6.45, 7) is 0. The minimum Gasteiger partial charge on any atom is -0.496 e. The smallest absolute Gasteiger partial charge is 0.291 e. The number of anilines is 1. The van der Waals surface area contributed by atoms with E-state index in [1.807, 2.05) is 0 Å². The number of benzene rings is 2. The molecule has 0 saturated heterocycles. The zero-order chi connectivity index (χ0) is 23.7. The molecule has 10 heteroatoms. The molecule has 3 aromatic heterocycles. The van der Waals surface area contributed by atoms with E-state index in [9.17, 15) is 14.9 Å². The van der Waals surface area contributed by atoms with Gasteiger partial charge in [-0.2, -0.15) is 4.98 Å². The van der Waals surface area contributed by atoms with Crippen LogP contribution in [0.5, 0.6) is 5.75 Å². The van der Waals surface area contributed by atoms with Crippen LogP contribution in [0.3, 0.4) is 0 Å². The average molecular weight is 456 g/mol. The van der Waals surface area contributed by atoms with Crippen LogP contribution in [0, 0.1) is 10.1 Å². The number of furan rings is 1. The second-order valence-corrected chi connectivity index (χ2v) is 7.18. The molecular weight excluding hydrogens is 440 g/mol. The minimum absolute atomic E-state index is 0.0736. The number of ether oxygens (including phenoxy) is 1. The number of oxazole rings is 1. The van der Waals surface area contributed by atoms with Crippen molar-refractivity contribution < 1.29 is 23.3 Å². The zero-order valence-electron chi connectivity index (χ0n) is 17.7. The molecule has 1 amide bonds. The molecule has 10 nitrogen and oxygen atoms in total. The van der Waals surface area contributed by atoms with E-state index in [0.717, 1.165) is 5.56 Å². The summed E-state index contributed by atoms with van der Waals surface area (Å²) in [4.78, 5) is 31.6. The van der Waals surface area contributed by atoms with E-state index in [2.05, 4.69) is 15.3 Å². The number of nitrogens with one attached hydrogen (secondary N) is 1. The van der Waals surface area contributed by atoms with Crippen molar-refractivity contribution in [1.29, 1.82) is 0 Å². The number of nitro groups is 1. The maximum Gasteiger partial charge on any atom is 0.291 e. The molecule has 3 heterocycles. The van der Waals surface area contributed by atoms with Crippen LogP contribution in [-0.4, -0.2) is 27.9 Å². The van der Waals surface area contributed by atoms with Crippen molar-refractivity contribution in [1.82, 2.24) is 9.97 Å². The van der Waals surface area contributed by atoms with Crippen molar-refractivity contribution in [3.63, 3.8) is 0 Å². The Kier molecular flexibility index (Phi) is 5.23. The first-order valence-corrected chi connectivity index (χ1v) is 10.1. The number of hydrogen-bond donors (Lipinski definition) is 1. The topological polar surface area (TPSA) is 134 Å². The standard InChI is InChI=1S/C24H16N4O6/c1-32-21-13-16(28(30)31)8-9-17(21)18-10-11-20(33-18)23(29)26-15-6-4-14(5-7-15)24-27-22-19(34-24)3-2-12-25-22/h2-13H,1H3,(H,26,29). The molecule has 2 aromatic carbocycles. The minimum atomic E-state index is -0.514. The van der Waals surface area contributed by atoms with Crippen LogP contribution in [0.1, 0.15) is 10.6 Å². The van der Waals surface area contributed by atoms with Gasteiger partial charge in [-0.05, 0) is 54.6 Å². The lowest BCUT2D eigenvalue weighted by Gasteiger charge is -2.06. The highest BCUT2D eigenvalue weighted by molar-refractivity contribution is 6.02. The molecule has 0 aliphatic heterocycles. The number of fused-ring (bicyclic) bond motifs is 1. The van der Waals surface area contributed by atoms with Crippen LogP contribution in [0.2, 0.25) is 0 Å². The first-order valence-electron chi connectivity index (χ1n) is 10.1. The fraction of sp³-hybridized carbons (Fsp3) is 0.0417. The van der Waals surface area contributed by atoms with Gasteiger partial charge >= 0.3 is 0 Å². The molecule has 34 heavy (non-hydrogen) atoms. The van der Waals surface area contributed by atoms with E-state index in [-0.39, 0.29) is 17.2 Å². The van der Waals surface area contributed by atoms with Gasteiger partial charge in [-0.1, -0.05) is 0 Å². The highest BCUT2D eigenvalue weighted by Crippen LogP contribution is 2.34. The summed E-state index contributed by atoms with van der Waals surface area (Å²) in [5, 5.41) is 13.8. The Balaban J connectivity index is 1.32. The molecular formula is C24H16N4O6. The van der Waals surface area contributed by atoms with Gasteiger partial charge in [-0.25, -0.2) is 4.98 Å². The number of amides is 1. The van der Waals surface area contributed by atoms with E-state index in [1.165, 1.54) is 31.4 Å². The first kappa shape index (κ1) is 20.9. The van der Waals surface area contributed by atoms with Crippen molar-refractivity contribution in [2.45, 2.75) is 0 Å². The summed E-state index contributed by atoms with van der Waals surface area (Å²) in [5.41, 5.74) is 2.78. The van der Waals surface area contributed by atoms with Gasteiger partial charge in [0.05, 0.1) is 23.7 Å². The fourth-order valence-corrected chi connectivity index (χ4v) is 3.38. The average Bonchev–Trinajstić information content (AvgIpc) is 3.52. The second-order valence-electron chi connectivity index (χ2n) is 7.18. The van der Waals surface area contributed by atoms with Gasteiger partial charge in [0.25, 0.3) is 11.6 Å². The lowest BCUT2D eigenvalue weighted by atomic mass is 10.1. The summed E-state index contributed by atoms with van der Waals surface area (Å²) in [6.07, 6.45) is 1.64. The molecule has 0 radical (unpaired) electrons. The fourth-order valence-electron chi connectivity index (χ4n) is 3.38. The van der Waals surface area contributed by atoms with Gasteiger partial charge < -0.3 is 18.9 Å². The van der Waals surface area contributed by atoms with Gasteiger partial charge in [0.1, 0.15) is 11.5 Å². The molecule has 0 saturated carbocycles. The van der Waals surface area contributed by atoms with Crippen molar-refractivity contribution in [3.05, 3.63) is 88.8 Å². The van der Waals surface area contributed by atoms with E-state index in [1.54, 1.807) is 48.7 Å². The summed E-state index contributed by atoms with van der Waals surface area (Å²) in [7, 11) is 1.40. The van der Waals surface area contributed by atoms with E-state index >= 15 is 0 Å². The normalized spacial score (nSPS) is 10.9. The third-order valence-corrected chi connectivity index (χ3v) is 5.05. The molecule has 1 N–H and O–H groups in total. The SMILES string of the molecule is COc1cc([N+](=O)[O-])ccc1-c1ccc(C(=O)Nc2ccc(-c3nc4ncccc4o3)cc2)o1. The lowest BCUT2D eigenvalue weighted by Crippen LogP contribution is -2.10. The molecule has 0 bridgehead atoms. The maximum absolute atomic E-state index is 12.7. The third-order valence-electron chi connectivity index (χ3n) is 5.05. The maximum atomic E-state index is 12.7. The number of nitrogens with zero attached hydrogens (tertiary/aromatic N) is 3. The molecule has 0 fully saturated rings. The number of non-ortho nitro benzene ring substituents is 1. The first-order chi connectivity index (χ1) is 16.5. The molecule has 5 rings (SSSR count). The number of carbonyl (C=O) groups excluding carboxylic acids is 1. The Hall–Kier alpha value is -4.99. The van der Waals surface area contributed by atoms with Gasteiger partial charge in [-0.3, -0.25) is 14.9 Å². The van der Waals surface area contributed by atoms with Crippen LogP contribution >= 0.6 is 0 Å². The molecule has 0 atom stereocenters. The highest BCUT2D eigenvalue weighted by Gasteiger charge is 2.18. The largest absolute Gasteiger partial charge is 0.496 e. The number of hydrogen-bond acceptors (Lipinski definition) is 8. The predicted molar refractivity (Wildman–Crippen MR) is 123 cm³/mol. The van der Waals surface area contributed by atoms with Gasteiger partial charge in [0.2, 0.25) is 5.89 Å². The molecule has 0 aliphatic carbocycles. The van der Waals surface area contributed by atoms with Crippen LogP contribution in [-0.2, 0) is 0 Å². The van der Waals surface area contributed by atoms with Crippen molar-refractivity contribution >= 4 is 28.5 Å². The van der Waals surface area contributed by atoms with Crippen molar-refractivity contribution in [3.8, 4) is 28.5 Å². The Morgan fingerprint density at radius 2 is 1.88 bits per heavy atom. The highest BCUT2D eigenvalue weighted by atomic mass is 16.6. The van der Waals surface area contributed by atoms with E-state index in [4.69, 9.17) is 13.6 Å². The van der Waals surface area contributed by atoms with Crippen LogP contribution < -0.4 is 10.1 Å². The van der Waals surface area contributed by atoms with E-state index in [0.29, 0.717) is 34.1 Å². The number of carbonyl (C=O) groups is 1. The Labute approximate surface area is 192 Å². The van der Waals surface area contributed by atoms with Gasteiger partial charge in [0.15, 0.2) is 17.0 Å². The van der Waals surface area contributed by atoms with Crippen molar-refractivity contribution in [2.24, 2.45) is 0 Å². The van der Waals surface area contributed by atoms with E-state index < -0.39 is 10.8 Å². The van der Waals surface area contributed by atoms with Gasteiger partial charge in [0, 0.05) is 23.5 Å². The van der Waals surface area contributed by atoms with Crippen LogP contribution in [0.25, 0.3) is 34.0 Å². The number of methoxy groups -OCH3 is 1. The quantitative estimate of drug-likeness (QED) is 0.268. The molecule has 0 unspecified atom stereocenters. The Morgan fingerprint density at radius 1 is 1.06 bits per heavy atom. The van der Waals surface area contributed by atoms with Crippen LogP contribution in [0.15, 0.2) is 81.8 Å². The monoisotopic (exact) mass is 456 g/mol. The summed E-state index contributed by atoms with van der Waals surface area (Å²) in [5.74, 6) is 0.659.